The molecule has 7 nitrogen and oxygen atoms in total. The quantitative estimate of drug-likeness (QED) is 0.393. The summed E-state index contributed by atoms with van der Waals surface area (Å²) in [6, 6.07) is 23.7. The van der Waals surface area contributed by atoms with Crippen molar-refractivity contribution >= 4 is 44.0 Å². The predicted octanol–water partition coefficient (Wildman–Crippen LogP) is 5.13. The molecule has 1 heterocycles. The monoisotopic (exact) mass is 486 g/mol. The molecule has 0 saturated carbocycles. The smallest absolute Gasteiger partial charge is 0.335 e. The lowest BCUT2D eigenvalue weighted by Gasteiger charge is -2.17. The Balaban J connectivity index is 1.49. The number of amides is 1. The van der Waals surface area contributed by atoms with Gasteiger partial charge in [0.15, 0.2) is 0 Å². The van der Waals surface area contributed by atoms with Crippen LogP contribution in [0.25, 0.3) is 21.9 Å². The number of benzene rings is 4. The van der Waals surface area contributed by atoms with Crippen molar-refractivity contribution < 1.29 is 23.1 Å². The van der Waals surface area contributed by atoms with Crippen molar-refractivity contribution in [3.8, 4) is 11.1 Å². The first-order valence-electron chi connectivity index (χ1n) is 11.1. The molecule has 35 heavy (non-hydrogen) atoms. The molecule has 4 aromatic carbocycles. The number of carboxylic acid groups (broad SMARTS) is 1. The Bertz CT molecular complexity index is 1560. The van der Waals surface area contributed by atoms with Crippen molar-refractivity contribution in [3.05, 3.63) is 90.5 Å². The summed E-state index contributed by atoms with van der Waals surface area (Å²) in [6.45, 7) is 0.636. The lowest BCUT2D eigenvalue weighted by Crippen LogP contribution is -2.23. The minimum Gasteiger partial charge on any atom is -0.478 e. The summed E-state index contributed by atoms with van der Waals surface area (Å²) >= 11 is 0. The van der Waals surface area contributed by atoms with Crippen LogP contribution < -0.4 is 9.62 Å². The summed E-state index contributed by atoms with van der Waals surface area (Å²) in [5, 5.41) is 10.8. The average molecular weight is 487 g/mol. The predicted molar refractivity (Wildman–Crippen MR) is 135 cm³/mol. The van der Waals surface area contributed by atoms with Gasteiger partial charge in [-0.15, -0.1) is 0 Å². The molecule has 1 aliphatic heterocycles. The number of rotatable bonds is 6. The van der Waals surface area contributed by atoms with Crippen LogP contribution in [0.3, 0.4) is 0 Å². The van der Waals surface area contributed by atoms with Crippen LogP contribution in [0, 0.1) is 0 Å². The van der Waals surface area contributed by atoms with Crippen LogP contribution in [0.4, 0.5) is 11.4 Å². The summed E-state index contributed by atoms with van der Waals surface area (Å²) in [4.78, 5) is 25.1. The average Bonchev–Trinajstić information content (AvgIpc) is 3.30. The maximum absolute atomic E-state index is 13.2. The van der Waals surface area contributed by atoms with Gasteiger partial charge in [0.25, 0.3) is 10.0 Å². The molecule has 176 valence electrons. The Labute approximate surface area is 202 Å². The fourth-order valence-corrected chi connectivity index (χ4v) is 5.47. The third-order valence-corrected chi connectivity index (χ3v) is 7.50. The van der Waals surface area contributed by atoms with Crippen LogP contribution in [0.2, 0.25) is 0 Å². The topological polar surface area (TPSA) is 104 Å². The van der Waals surface area contributed by atoms with E-state index in [0.29, 0.717) is 29.7 Å². The van der Waals surface area contributed by atoms with Crippen LogP contribution in [0.15, 0.2) is 89.8 Å². The maximum Gasteiger partial charge on any atom is 0.335 e. The number of anilines is 2. The maximum atomic E-state index is 13.2. The van der Waals surface area contributed by atoms with Gasteiger partial charge in [-0.3, -0.25) is 9.52 Å². The number of nitrogens with one attached hydrogen (secondary N) is 1. The fourth-order valence-electron chi connectivity index (χ4n) is 4.39. The summed E-state index contributed by atoms with van der Waals surface area (Å²) in [7, 11) is -3.89. The molecule has 0 unspecified atom stereocenters. The Morgan fingerprint density at radius 1 is 0.886 bits per heavy atom. The number of hydrogen-bond acceptors (Lipinski definition) is 4. The molecule has 1 saturated heterocycles. The first-order chi connectivity index (χ1) is 16.8. The van der Waals surface area contributed by atoms with E-state index in [0.717, 1.165) is 22.9 Å². The number of carbonyl (C=O) groups is 2. The van der Waals surface area contributed by atoms with Gasteiger partial charge < -0.3 is 10.0 Å². The van der Waals surface area contributed by atoms with Crippen molar-refractivity contribution in [2.24, 2.45) is 0 Å². The van der Waals surface area contributed by atoms with E-state index in [1.54, 1.807) is 41.3 Å². The summed E-state index contributed by atoms with van der Waals surface area (Å²) < 4.78 is 29.0. The minimum absolute atomic E-state index is 0.0409. The normalized spacial score (nSPS) is 13.8. The van der Waals surface area contributed by atoms with Gasteiger partial charge in [-0.05, 0) is 65.4 Å². The van der Waals surface area contributed by atoms with E-state index in [4.69, 9.17) is 0 Å². The van der Waals surface area contributed by atoms with Gasteiger partial charge in [0.05, 0.1) is 16.1 Å². The Morgan fingerprint density at radius 2 is 1.63 bits per heavy atom. The van der Waals surface area contributed by atoms with Gasteiger partial charge in [0, 0.05) is 24.0 Å². The van der Waals surface area contributed by atoms with Crippen LogP contribution in [0.5, 0.6) is 0 Å². The Kier molecular flexibility index (Phi) is 5.74. The largest absolute Gasteiger partial charge is 0.478 e. The number of aromatic carboxylic acids is 1. The van der Waals surface area contributed by atoms with Crippen molar-refractivity contribution in [2.75, 3.05) is 16.2 Å². The van der Waals surface area contributed by atoms with E-state index in [-0.39, 0.29) is 16.4 Å². The standard InChI is InChI=1S/C27H22N2O5S/c30-26-9-4-16-29(26)20-10-12-21(13-11-20)35(33,34)28-25-15-14-22(23-7-1-2-8-24(23)25)18-5-3-6-19(17-18)27(31)32/h1-3,5-8,10-15,17,28H,4,9,16H2,(H,31,32). The second-order valence-electron chi connectivity index (χ2n) is 8.34. The van der Waals surface area contributed by atoms with Gasteiger partial charge >= 0.3 is 5.97 Å². The van der Waals surface area contributed by atoms with E-state index >= 15 is 0 Å². The number of hydrogen-bond donors (Lipinski definition) is 2. The van der Waals surface area contributed by atoms with Gasteiger partial charge in [0.1, 0.15) is 0 Å². The number of fused-ring (bicyclic) bond motifs is 1. The first kappa shape index (κ1) is 22.6. The van der Waals surface area contributed by atoms with Crippen LogP contribution in [-0.2, 0) is 14.8 Å². The lowest BCUT2D eigenvalue weighted by molar-refractivity contribution is -0.117. The van der Waals surface area contributed by atoms with Crippen molar-refractivity contribution in [1.82, 2.24) is 0 Å². The van der Waals surface area contributed by atoms with Gasteiger partial charge in [-0.2, -0.15) is 0 Å². The third-order valence-electron chi connectivity index (χ3n) is 6.12. The van der Waals surface area contributed by atoms with Gasteiger partial charge in [-0.25, -0.2) is 13.2 Å². The van der Waals surface area contributed by atoms with Crippen LogP contribution >= 0.6 is 0 Å². The molecular formula is C27H22N2O5S. The molecule has 1 fully saturated rings. The zero-order valence-corrected chi connectivity index (χ0v) is 19.5. The van der Waals surface area contributed by atoms with Crippen LogP contribution in [-0.4, -0.2) is 31.9 Å². The zero-order chi connectivity index (χ0) is 24.6. The van der Waals surface area contributed by atoms with E-state index in [9.17, 15) is 23.1 Å². The van der Waals surface area contributed by atoms with Crippen molar-refractivity contribution in [3.63, 3.8) is 0 Å². The molecule has 0 atom stereocenters. The number of carbonyl (C=O) groups excluding carboxylic acids is 1. The molecule has 1 amide bonds. The molecule has 0 aliphatic carbocycles. The van der Waals surface area contributed by atoms with Gasteiger partial charge in [0.2, 0.25) is 5.91 Å². The molecule has 0 spiro atoms. The highest BCUT2D eigenvalue weighted by Gasteiger charge is 2.23. The Morgan fingerprint density at radius 3 is 2.31 bits per heavy atom. The lowest BCUT2D eigenvalue weighted by atomic mass is 9.96. The molecule has 1 aliphatic rings. The minimum atomic E-state index is -3.89. The Hall–Kier alpha value is -4.17. The number of sulfonamides is 1. The highest BCUT2D eigenvalue weighted by Crippen LogP contribution is 2.35. The van der Waals surface area contributed by atoms with Crippen molar-refractivity contribution in [1.29, 1.82) is 0 Å². The highest BCUT2D eigenvalue weighted by atomic mass is 32.2. The molecule has 4 aromatic rings. The zero-order valence-electron chi connectivity index (χ0n) is 18.6. The molecular weight excluding hydrogens is 464 g/mol. The van der Waals surface area contributed by atoms with E-state index in [1.165, 1.54) is 18.2 Å². The molecule has 8 heteroatoms. The number of carboxylic acids is 1. The second-order valence-corrected chi connectivity index (χ2v) is 10.0. The summed E-state index contributed by atoms with van der Waals surface area (Å²) in [5.41, 5.74) is 2.80. The van der Waals surface area contributed by atoms with Crippen LogP contribution in [0.1, 0.15) is 23.2 Å². The van der Waals surface area contributed by atoms with Crippen molar-refractivity contribution in [2.45, 2.75) is 17.7 Å². The molecule has 0 bridgehead atoms. The molecule has 0 radical (unpaired) electrons. The summed E-state index contributed by atoms with van der Waals surface area (Å²) in [5.74, 6) is -0.972. The van der Waals surface area contributed by atoms with E-state index in [2.05, 4.69) is 4.72 Å². The second kappa shape index (κ2) is 8.88. The first-order valence-corrected chi connectivity index (χ1v) is 12.6. The SMILES string of the molecule is O=C(O)c1cccc(-c2ccc(NS(=O)(=O)c3ccc(N4CCCC4=O)cc3)c3ccccc23)c1. The third kappa shape index (κ3) is 4.36. The van der Waals surface area contributed by atoms with E-state index < -0.39 is 16.0 Å². The fraction of sp³-hybridized carbons (Fsp3) is 0.111. The van der Waals surface area contributed by atoms with E-state index in [1.807, 2.05) is 30.3 Å². The molecule has 5 rings (SSSR count). The summed E-state index contributed by atoms with van der Waals surface area (Å²) in [6.07, 6.45) is 1.30. The highest BCUT2D eigenvalue weighted by molar-refractivity contribution is 7.92. The molecule has 2 N–H and O–H groups in total. The molecule has 0 aromatic heterocycles. The number of nitrogens with zero attached hydrogens (tertiary/aromatic N) is 1. The van der Waals surface area contributed by atoms with Gasteiger partial charge in [-0.1, -0.05) is 42.5 Å².